The van der Waals surface area contributed by atoms with Gasteiger partial charge in [0.15, 0.2) is 5.78 Å². The van der Waals surface area contributed by atoms with Crippen molar-refractivity contribution < 1.29 is 9.53 Å². The Morgan fingerprint density at radius 3 is 2.57 bits per heavy atom. The van der Waals surface area contributed by atoms with Crippen LogP contribution in [-0.2, 0) is 0 Å². The Morgan fingerprint density at radius 1 is 1.05 bits per heavy atom. The lowest BCUT2D eigenvalue weighted by Gasteiger charge is -2.18. The highest BCUT2D eigenvalue weighted by Crippen LogP contribution is 2.35. The second-order valence-corrected chi connectivity index (χ2v) is 5.07. The standard InChI is InChI=1S/C18H13ClO2/c19-18-14(12-21-17-9-5-4-8-15(17)18)10-11-16(20)13-6-2-1-3-7-13/h1-11H,12H2/b11-10+. The highest BCUT2D eigenvalue weighted by molar-refractivity contribution is 6.50. The minimum Gasteiger partial charge on any atom is -0.488 e. The fraction of sp³-hybridized carbons (Fsp3) is 0.0556. The highest BCUT2D eigenvalue weighted by atomic mass is 35.5. The number of ether oxygens (including phenoxy) is 1. The Morgan fingerprint density at radius 2 is 1.76 bits per heavy atom. The van der Waals surface area contributed by atoms with E-state index >= 15 is 0 Å². The van der Waals surface area contributed by atoms with Crippen molar-refractivity contribution in [2.45, 2.75) is 0 Å². The van der Waals surface area contributed by atoms with Gasteiger partial charge in [-0.05, 0) is 18.2 Å². The molecule has 0 saturated carbocycles. The molecule has 2 nitrogen and oxygen atoms in total. The third-order valence-corrected chi connectivity index (χ3v) is 3.73. The van der Waals surface area contributed by atoms with Gasteiger partial charge in [0, 0.05) is 16.7 Å². The van der Waals surface area contributed by atoms with Crippen molar-refractivity contribution in [2.24, 2.45) is 0 Å². The van der Waals surface area contributed by atoms with Crippen molar-refractivity contribution >= 4 is 22.4 Å². The third kappa shape index (κ3) is 2.91. The van der Waals surface area contributed by atoms with Crippen LogP contribution >= 0.6 is 11.6 Å². The number of carbonyl (C=O) groups is 1. The Balaban J connectivity index is 1.86. The molecule has 2 aromatic rings. The molecule has 0 radical (unpaired) electrons. The second-order valence-electron chi connectivity index (χ2n) is 4.69. The van der Waals surface area contributed by atoms with Crippen molar-refractivity contribution in [3.63, 3.8) is 0 Å². The van der Waals surface area contributed by atoms with Crippen LogP contribution in [0.2, 0.25) is 0 Å². The number of carbonyl (C=O) groups excluding carboxylic acids is 1. The van der Waals surface area contributed by atoms with Gasteiger partial charge in [0.2, 0.25) is 0 Å². The van der Waals surface area contributed by atoms with Crippen LogP contribution in [0.5, 0.6) is 5.75 Å². The van der Waals surface area contributed by atoms with Gasteiger partial charge in [-0.15, -0.1) is 0 Å². The third-order valence-electron chi connectivity index (χ3n) is 3.28. The molecule has 3 rings (SSSR count). The number of rotatable bonds is 3. The minimum atomic E-state index is -0.0496. The van der Waals surface area contributed by atoms with E-state index in [-0.39, 0.29) is 5.78 Å². The van der Waals surface area contributed by atoms with Crippen molar-refractivity contribution in [3.05, 3.63) is 83.4 Å². The van der Waals surface area contributed by atoms with Crippen LogP contribution in [-0.4, -0.2) is 12.4 Å². The molecular formula is C18H13ClO2. The SMILES string of the molecule is O=C(/C=C/C1=C(Cl)c2ccccc2OC1)c1ccccc1. The fourth-order valence-electron chi connectivity index (χ4n) is 2.16. The molecule has 1 aliphatic rings. The number of ketones is 1. The van der Waals surface area contributed by atoms with Crippen LogP contribution in [0.25, 0.3) is 5.03 Å². The van der Waals surface area contributed by atoms with E-state index in [2.05, 4.69) is 0 Å². The summed E-state index contributed by atoms with van der Waals surface area (Å²) in [5.41, 5.74) is 2.32. The maximum Gasteiger partial charge on any atom is 0.185 e. The second kappa shape index (κ2) is 5.98. The van der Waals surface area contributed by atoms with Gasteiger partial charge >= 0.3 is 0 Å². The van der Waals surface area contributed by atoms with Gasteiger partial charge in [-0.1, -0.05) is 60.1 Å². The maximum atomic E-state index is 12.0. The van der Waals surface area contributed by atoms with E-state index in [0.29, 0.717) is 17.2 Å². The maximum absolute atomic E-state index is 12.0. The predicted molar refractivity (Wildman–Crippen MR) is 84.6 cm³/mol. The quantitative estimate of drug-likeness (QED) is 0.617. The van der Waals surface area contributed by atoms with Crippen molar-refractivity contribution in [2.75, 3.05) is 6.61 Å². The zero-order chi connectivity index (χ0) is 14.7. The van der Waals surface area contributed by atoms with E-state index in [0.717, 1.165) is 16.9 Å². The molecule has 0 N–H and O–H groups in total. The molecule has 0 saturated heterocycles. The molecular weight excluding hydrogens is 284 g/mol. The first-order chi connectivity index (χ1) is 10.3. The number of hydrogen-bond donors (Lipinski definition) is 0. The van der Waals surface area contributed by atoms with Crippen LogP contribution in [0.15, 0.2) is 72.3 Å². The number of para-hydroxylation sites is 1. The van der Waals surface area contributed by atoms with Gasteiger partial charge in [0.25, 0.3) is 0 Å². The zero-order valence-corrected chi connectivity index (χ0v) is 12.0. The molecule has 0 aromatic heterocycles. The van der Waals surface area contributed by atoms with E-state index < -0.39 is 0 Å². The Hall–Kier alpha value is -2.32. The monoisotopic (exact) mass is 296 g/mol. The summed E-state index contributed by atoms with van der Waals surface area (Å²) in [4.78, 5) is 12.0. The van der Waals surface area contributed by atoms with E-state index in [1.807, 2.05) is 42.5 Å². The number of halogens is 1. The lowest BCUT2D eigenvalue weighted by atomic mass is 10.1. The van der Waals surface area contributed by atoms with Crippen LogP contribution in [0.1, 0.15) is 15.9 Å². The first-order valence-electron chi connectivity index (χ1n) is 6.64. The molecule has 0 amide bonds. The van der Waals surface area contributed by atoms with E-state index in [4.69, 9.17) is 16.3 Å². The van der Waals surface area contributed by atoms with Crippen molar-refractivity contribution in [3.8, 4) is 5.75 Å². The molecule has 0 bridgehead atoms. The molecule has 0 spiro atoms. The van der Waals surface area contributed by atoms with Gasteiger partial charge in [-0.2, -0.15) is 0 Å². The summed E-state index contributed by atoms with van der Waals surface area (Å²) >= 11 is 6.38. The molecule has 2 aromatic carbocycles. The lowest BCUT2D eigenvalue weighted by Crippen LogP contribution is -2.08. The van der Waals surface area contributed by atoms with E-state index in [1.54, 1.807) is 18.2 Å². The van der Waals surface area contributed by atoms with Crippen molar-refractivity contribution in [1.29, 1.82) is 0 Å². The van der Waals surface area contributed by atoms with Gasteiger partial charge < -0.3 is 4.74 Å². The normalized spacial score (nSPS) is 14.0. The van der Waals surface area contributed by atoms with Gasteiger partial charge in [0.1, 0.15) is 12.4 Å². The first kappa shape index (κ1) is 13.7. The average Bonchev–Trinajstić information content (AvgIpc) is 2.55. The Bertz CT molecular complexity index is 730. The number of fused-ring (bicyclic) bond motifs is 1. The van der Waals surface area contributed by atoms with Crippen LogP contribution in [0.4, 0.5) is 0 Å². The van der Waals surface area contributed by atoms with Crippen LogP contribution < -0.4 is 4.74 Å². The van der Waals surface area contributed by atoms with Gasteiger partial charge in [-0.25, -0.2) is 0 Å². The van der Waals surface area contributed by atoms with Gasteiger partial charge in [-0.3, -0.25) is 4.79 Å². The Kier molecular flexibility index (Phi) is 3.89. The van der Waals surface area contributed by atoms with E-state index in [9.17, 15) is 4.79 Å². The number of allylic oxidation sites excluding steroid dienone is 1. The van der Waals surface area contributed by atoms with Crippen molar-refractivity contribution in [1.82, 2.24) is 0 Å². The molecule has 1 heterocycles. The summed E-state index contributed by atoms with van der Waals surface area (Å²) < 4.78 is 5.64. The first-order valence-corrected chi connectivity index (χ1v) is 7.02. The summed E-state index contributed by atoms with van der Waals surface area (Å²) in [7, 11) is 0. The highest BCUT2D eigenvalue weighted by Gasteiger charge is 2.16. The zero-order valence-electron chi connectivity index (χ0n) is 11.3. The summed E-state index contributed by atoms with van der Waals surface area (Å²) in [5.74, 6) is 0.723. The largest absolute Gasteiger partial charge is 0.488 e. The average molecular weight is 297 g/mol. The van der Waals surface area contributed by atoms with E-state index in [1.165, 1.54) is 6.08 Å². The summed E-state index contributed by atoms with van der Waals surface area (Å²) in [6.45, 7) is 0.369. The Labute approximate surface area is 128 Å². The lowest BCUT2D eigenvalue weighted by molar-refractivity contribution is 0.104. The molecule has 3 heteroatoms. The fourth-order valence-corrected chi connectivity index (χ4v) is 2.44. The predicted octanol–water partition coefficient (Wildman–Crippen LogP) is 4.47. The summed E-state index contributed by atoms with van der Waals surface area (Å²) in [6, 6.07) is 16.7. The topological polar surface area (TPSA) is 26.3 Å². The summed E-state index contributed by atoms with van der Waals surface area (Å²) in [5, 5.41) is 0.633. The van der Waals surface area contributed by atoms with Crippen LogP contribution in [0.3, 0.4) is 0 Å². The summed E-state index contributed by atoms with van der Waals surface area (Å²) in [6.07, 6.45) is 3.26. The smallest absolute Gasteiger partial charge is 0.185 e. The molecule has 0 aliphatic carbocycles. The molecule has 21 heavy (non-hydrogen) atoms. The molecule has 104 valence electrons. The molecule has 0 fully saturated rings. The molecule has 0 unspecified atom stereocenters. The molecule has 0 atom stereocenters. The van der Waals surface area contributed by atoms with Crippen LogP contribution in [0, 0.1) is 0 Å². The number of hydrogen-bond acceptors (Lipinski definition) is 2. The minimum absolute atomic E-state index is 0.0496. The number of benzene rings is 2. The van der Waals surface area contributed by atoms with Gasteiger partial charge in [0.05, 0.1) is 5.03 Å². The molecule has 1 aliphatic heterocycles.